The van der Waals surface area contributed by atoms with Gasteiger partial charge in [-0.15, -0.1) is 0 Å². The molecule has 0 bridgehead atoms. The molecule has 5 nitrogen and oxygen atoms in total. The molecule has 0 aromatic heterocycles. The molecule has 0 heterocycles. The van der Waals surface area contributed by atoms with Crippen LogP contribution in [0.3, 0.4) is 0 Å². The summed E-state index contributed by atoms with van der Waals surface area (Å²) in [5, 5.41) is 3.25. The van der Waals surface area contributed by atoms with Crippen LogP contribution in [0.15, 0.2) is 35.3 Å². The fraction of sp³-hybridized carbons (Fsp3) is 0.467. The third kappa shape index (κ3) is 5.30. The monoisotopic (exact) mass is 277 g/mol. The van der Waals surface area contributed by atoms with Crippen LogP contribution in [0.25, 0.3) is 0 Å². The molecule has 0 saturated heterocycles. The number of ether oxygens (including phenoxy) is 1. The molecule has 0 spiro atoms. The van der Waals surface area contributed by atoms with Crippen LogP contribution in [0.5, 0.6) is 0 Å². The molecule has 1 N–H and O–H groups in total. The largest absolute Gasteiger partial charge is 0.465 e. The van der Waals surface area contributed by atoms with Gasteiger partial charge < -0.3 is 15.0 Å². The first-order valence-electron chi connectivity index (χ1n) is 6.98. The number of anilines is 1. The van der Waals surface area contributed by atoms with Crippen LogP contribution in [0.4, 0.5) is 5.69 Å². The molecule has 0 amide bonds. The average molecular weight is 277 g/mol. The molecule has 0 unspecified atom stereocenters. The highest BCUT2D eigenvalue weighted by Gasteiger charge is 2.09. The molecule has 110 valence electrons. The van der Waals surface area contributed by atoms with E-state index in [4.69, 9.17) is 4.74 Å². The van der Waals surface area contributed by atoms with Crippen LogP contribution in [-0.4, -0.2) is 43.1 Å². The number of esters is 1. The highest BCUT2D eigenvalue weighted by molar-refractivity contribution is 5.94. The van der Waals surface area contributed by atoms with E-state index in [1.165, 1.54) is 0 Å². The van der Waals surface area contributed by atoms with Crippen LogP contribution < -0.4 is 5.32 Å². The number of guanidine groups is 1. The Labute approximate surface area is 120 Å². The van der Waals surface area contributed by atoms with E-state index in [9.17, 15) is 4.79 Å². The van der Waals surface area contributed by atoms with Gasteiger partial charge in [-0.25, -0.2) is 4.99 Å². The lowest BCUT2D eigenvalue weighted by Crippen LogP contribution is -2.36. The third-order valence-corrected chi connectivity index (χ3v) is 2.76. The molecule has 0 fully saturated rings. The van der Waals surface area contributed by atoms with Crippen LogP contribution in [0.1, 0.15) is 20.8 Å². The summed E-state index contributed by atoms with van der Waals surface area (Å²) in [6, 6.07) is 9.78. The highest BCUT2D eigenvalue weighted by Crippen LogP contribution is 2.07. The van der Waals surface area contributed by atoms with Gasteiger partial charge in [-0.1, -0.05) is 18.2 Å². The van der Waals surface area contributed by atoms with Gasteiger partial charge in [-0.2, -0.15) is 0 Å². The predicted molar refractivity (Wildman–Crippen MR) is 81.9 cm³/mol. The van der Waals surface area contributed by atoms with Crippen molar-refractivity contribution >= 4 is 17.6 Å². The summed E-state index contributed by atoms with van der Waals surface area (Å²) in [5.74, 6) is 0.376. The van der Waals surface area contributed by atoms with E-state index < -0.39 is 0 Å². The minimum atomic E-state index is -0.313. The number of para-hydroxylation sites is 1. The quantitative estimate of drug-likeness (QED) is 0.493. The first kappa shape index (κ1) is 16.0. The average Bonchev–Trinajstić information content (AvgIpc) is 2.47. The topological polar surface area (TPSA) is 53.9 Å². The van der Waals surface area contributed by atoms with Crippen LogP contribution in [-0.2, 0) is 9.53 Å². The number of carbonyl (C=O) groups excluding carboxylic acids is 1. The highest BCUT2D eigenvalue weighted by atomic mass is 16.5. The number of carbonyl (C=O) groups is 1. The Morgan fingerprint density at radius 2 is 1.85 bits per heavy atom. The second-order valence-corrected chi connectivity index (χ2v) is 4.11. The minimum absolute atomic E-state index is 0.0273. The number of hydrogen-bond acceptors (Lipinski definition) is 3. The van der Waals surface area contributed by atoms with Crippen molar-refractivity contribution in [1.29, 1.82) is 0 Å². The maximum absolute atomic E-state index is 11.4. The van der Waals surface area contributed by atoms with E-state index in [2.05, 4.69) is 29.1 Å². The van der Waals surface area contributed by atoms with Gasteiger partial charge in [0.2, 0.25) is 0 Å². The molecule has 1 aromatic carbocycles. The van der Waals surface area contributed by atoms with Crippen molar-refractivity contribution in [3.05, 3.63) is 30.3 Å². The van der Waals surface area contributed by atoms with Crippen LogP contribution >= 0.6 is 0 Å². The number of nitrogens with one attached hydrogen (secondary N) is 1. The van der Waals surface area contributed by atoms with Crippen molar-refractivity contribution < 1.29 is 9.53 Å². The number of hydrogen-bond donors (Lipinski definition) is 1. The lowest BCUT2D eigenvalue weighted by Gasteiger charge is -2.23. The van der Waals surface area contributed by atoms with Crippen LogP contribution in [0.2, 0.25) is 0 Å². The van der Waals surface area contributed by atoms with E-state index in [0.717, 1.165) is 18.8 Å². The van der Waals surface area contributed by atoms with E-state index in [0.29, 0.717) is 12.6 Å². The van der Waals surface area contributed by atoms with Gasteiger partial charge in [0.15, 0.2) is 5.96 Å². The van der Waals surface area contributed by atoms with Crippen molar-refractivity contribution in [3.63, 3.8) is 0 Å². The lowest BCUT2D eigenvalue weighted by atomic mass is 10.3. The summed E-state index contributed by atoms with van der Waals surface area (Å²) in [6.07, 6.45) is 0. The van der Waals surface area contributed by atoms with Crippen molar-refractivity contribution in [2.45, 2.75) is 20.8 Å². The summed E-state index contributed by atoms with van der Waals surface area (Å²) in [6.45, 7) is 7.93. The van der Waals surface area contributed by atoms with Gasteiger partial charge >= 0.3 is 5.97 Å². The molecule has 0 saturated carbocycles. The van der Waals surface area contributed by atoms with Gasteiger partial charge in [0.25, 0.3) is 0 Å². The Hall–Kier alpha value is -2.04. The second kappa shape index (κ2) is 8.96. The Bertz CT molecular complexity index is 428. The molecule has 5 heteroatoms. The summed E-state index contributed by atoms with van der Waals surface area (Å²) in [5.41, 5.74) is 0.946. The van der Waals surface area contributed by atoms with E-state index >= 15 is 0 Å². The molecule has 1 aromatic rings. The first-order valence-corrected chi connectivity index (χ1v) is 6.98. The zero-order valence-corrected chi connectivity index (χ0v) is 12.4. The van der Waals surface area contributed by atoms with E-state index in [-0.39, 0.29) is 12.5 Å². The molecule has 20 heavy (non-hydrogen) atoms. The van der Waals surface area contributed by atoms with Crippen molar-refractivity contribution in [1.82, 2.24) is 4.90 Å². The van der Waals surface area contributed by atoms with Gasteiger partial charge in [0.05, 0.1) is 6.61 Å². The first-order chi connectivity index (χ1) is 9.71. The SMILES string of the molecule is CCOC(=O)CN=C(Nc1ccccc1)N(CC)CC. The number of benzene rings is 1. The van der Waals surface area contributed by atoms with E-state index in [1.54, 1.807) is 6.92 Å². The molecular weight excluding hydrogens is 254 g/mol. The molecular formula is C15H23N3O2. The second-order valence-electron chi connectivity index (χ2n) is 4.11. The van der Waals surface area contributed by atoms with Gasteiger partial charge in [0, 0.05) is 18.8 Å². The van der Waals surface area contributed by atoms with Gasteiger partial charge in [-0.3, -0.25) is 4.79 Å². The van der Waals surface area contributed by atoms with Crippen molar-refractivity contribution in [3.8, 4) is 0 Å². The predicted octanol–water partition coefficient (Wildman–Crippen LogP) is 2.36. The van der Waals surface area contributed by atoms with Crippen molar-refractivity contribution in [2.75, 3.05) is 31.6 Å². The van der Waals surface area contributed by atoms with Gasteiger partial charge in [-0.05, 0) is 32.9 Å². The smallest absolute Gasteiger partial charge is 0.327 e. The summed E-state index contributed by atoms with van der Waals surface area (Å²) in [4.78, 5) is 17.8. The summed E-state index contributed by atoms with van der Waals surface area (Å²) in [7, 11) is 0. The lowest BCUT2D eigenvalue weighted by molar-refractivity contribution is -0.141. The molecule has 0 aliphatic heterocycles. The Morgan fingerprint density at radius 1 is 1.20 bits per heavy atom. The fourth-order valence-electron chi connectivity index (χ4n) is 1.74. The molecule has 1 rings (SSSR count). The number of rotatable bonds is 6. The molecule has 0 aliphatic carbocycles. The third-order valence-electron chi connectivity index (χ3n) is 2.76. The maximum Gasteiger partial charge on any atom is 0.327 e. The summed E-state index contributed by atoms with van der Waals surface area (Å²) >= 11 is 0. The van der Waals surface area contributed by atoms with Crippen LogP contribution in [0, 0.1) is 0 Å². The zero-order chi connectivity index (χ0) is 14.8. The van der Waals surface area contributed by atoms with E-state index in [1.807, 2.05) is 30.3 Å². The molecule has 0 atom stereocenters. The Balaban J connectivity index is 2.79. The van der Waals surface area contributed by atoms with Crippen molar-refractivity contribution in [2.24, 2.45) is 4.99 Å². The van der Waals surface area contributed by atoms with Gasteiger partial charge in [0.1, 0.15) is 6.54 Å². The number of nitrogens with zero attached hydrogens (tertiary/aromatic N) is 2. The zero-order valence-electron chi connectivity index (χ0n) is 12.4. The summed E-state index contributed by atoms with van der Waals surface area (Å²) < 4.78 is 4.90. The molecule has 0 radical (unpaired) electrons. The maximum atomic E-state index is 11.4. The normalized spacial score (nSPS) is 11.1. The minimum Gasteiger partial charge on any atom is -0.465 e. The fourth-order valence-corrected chi connectivity index (χ4v) is 1.74. The Kier molecular flexibility index (Phi) is 7.17. The number of aliphatic imine (C=N–C) groups is 1. The Morgan fingerprint density at radius 3 is 2.40 bits per heavy atom. The standard InChI is InChI=1S/C15H23N3O2/c1-4-18(5-2)15(16-12-14(19)20-6-3)17-13-10-8-7-9-11-13/h7-11H,4-6,12H2,1-3H3,(H,16,17). The molecule has 0 aliphatic rings.